The van der Waals surface area contributed by atoms with Gasteiger partial charge in [0.2, 0.25) is 0 Å². The molecule has 1 unspecified atom stereocenters. The second kappa shape index (κ2) is 6.93. The van der Waals surface area contributed by atoms with Gasteiger partial charge in [0.25, 0.3) is 0 Å². The summed E-state index contributed by atoms with van der Waals surface area (Å²) >= 11 is 3.45. The van der Waals surface area contributed by atoms with E-state index in [4.69, 9.17) is 5.26 Å². The molecule has 2 rings (SSSR count). The Morgan fingerprint density at radius 3 is 3.05 bits per heavy atom. The second-order valence-corrected chi connectivity index (χ2v) is 6.06. The molecular weight excluding hydrogens is 302 g/mol. The number of rotatable bonds is 4. The molecule has 0 radical (unpaired) electrons. The summed E-state index contributed by atoms with van der Waals surface area (Å²) in [5.41, 5.74) is 1.63. The Kier molecular flexibility index (Phi) is 5.24. The first-order valence-corrected chi connectivity index (χ1v) is 7.64. The van der Waals surface area contributed by atoms with E-state index in [-0.39, 0.29) is 0 Å². The van der Waals surface area contributed by atoms with Gasteiger partial charge in [0.05, 0.1) is 11.3 Å². The molecule has 1 saturated heterocycles. The highest BCUT2D eigenvalue weighted by molar-refractivity contribution is 9.10. The van der Waals surface area contributed by atoms with Crippen LogP contribution in [-0.4, -0.2) is 31.1 Å². The van der Waals surface area contributed by atoms with Crippen LogP contribution in [0, 0.1) is 11.3 Å². The van der Waals surface area contributed by atoms with E-state index < -0.39 is 0 Å². The van der Waals surface area contributed by atoms with Crippen LogP contribution in [0.15, 0.2) is 22.7 Å². The molecule has 3 nitrogen and oxygen atoms in total. The first-order valence-electron chi connectivity index (χ1n) is 6.84. The van der Waals surface area contributed by atoms with Crippen LogP contribution in [0.3, 0.4) is 0 Å². The molecule has 1 aliphatic heterocycles. The zero-order valence-electron chi connectivity index (χ0n) is 11.3. The first kappa shape index (κ1) is 14.4. The number of nitrogens with zero attached hydrogens (tertiary/aromatic N) is 2. The fourth-order valence-electron chi connectivity index (χ4n) is 2.64. The highest BCUT2D eigenvalue weighted by Crippen LogP contribution is 2.22. The van der Waals surface area contributed by atoms with E-state index in [0.717, 1.165) is 23.1 Å². The largest absolute Gasteiger partial charge is 0.384 e. The van der Waals surface area contributed by atoms with Crippen molar-refractivity contribution in [2.24, 2.45) is 0 Å². The topological polar surface area (TPSA) is 39.1 Å². The van der Waals surface area contributed by atoms with Crippen LogP contribution in [-0.2, 0) is 0 Å². The fourth-order valence-corrected chi connectivity index (χ4v) is 3.00. The lowest BCUT2D eigenvalue weighted by Crippen LogP contribution is -2.37. The third-order valence-corrected chi connectivity index (χ3v) is 4.31. The number of hydrogen-bond donors (Lipinski definition) is 1. The molecule has 1 fully saturated rings. The van der Waals surface area contributed by atoms with Gasteiger partial charge in [-0.2, -0.15) is 5.26 Å². The Labute approximate surface area is 123 Å². The van der Waals surface area contributed by atoms with Gasteiger partial charge in [0.1, 0.15) is 6.07 Å². The summed E-state index contributed by atoms with van der Waals surface area (Å²) in [6.07, 6.45) is 5.09. The monoisotopic (exact) mass is 321 g/mol. The molecule has 0 aromatic heterocycles. The summed E-state index contributed by atoms with van der Waals surface area (Å²) in [6, 6.07) is 8.63. The van der Waals surface area contributed by atoms with Crippen molar-refractivity contribution in [1.29, 1.82) is 5.26 Å². The molecular formula is C15H20BrN3. The summed E-state index contributed by atoms with van der Waals surface area (Å²) in [7, 11) is 2.21. The highest BCUT2D eigenvalue weighted by Gasteiger charge is 2.18. The lowest BCUT2D eigenvalue weighted by molar-refractivity contribution is 0.179. The molecule has 1 heterocycles. The molecule has 1 atom stereocenters. The Balaban J connectivity index is 1.88. The van der Waals surface area contributed by atoms with E-state index in [1.54, 1.807) is 0 Å². The van der Waals surface area contributed by atoms with Gasteiger partial charge in [-0.3, -0.25) is 0 Å². The summed E-state index contributed by atoms with van der Waals surface area (Å²) in [5.74, 6) is 0. The Morgan fingerprint density at radius 1 is 1.47 bits per heavy atom. The van der Waals surface area contributed by atoms with Gasteiger partial charge in [-0.25, -0.2) is 0 Å². The van der Waals surface area contributed by atoms with E-state index in [2.05, 4.69) is 39.3 Å². The van der Waals surface area contributed by atoms with Crippen molar-refractivity contribution in [2.75, 3.05) is 25.5 Å². The fraction of sp³-hybridized carbons (Fsp3) is 0.533. The molecule has 0 aliphatic carbocycles. The maximum absolute atomic E-state index is 9.09. The third-order valence-electron chi connectivity index (χ3n) is 3.82. The molecule has 1 aromatic carbocycles. The van der Waals surface area contributed by atoms with Gasteiger partial charge >= 0.3 is 0 Å². The van der Waals surface area contributed by atoms with Crippen LogP contribution >= 0.6 is 15.9 Å². The lowest BCUT2D eigenvalue weighted by Gasteiger charge is -2.32. The number of benzene rings is 1. The molecule has 19 heavy (non-hydrogen) atoms. The predicted molar refractivity (Wildman–Crippen MR) is 82.2 cm³/mol. The Bertz CT molecular complexity index is 467. The van der Waals surface area contributed by atoms with E-state index in [1.807, 2.05) is 18.2 Å². The van der Waals surface area contributed by atoms with Gasteiger partial charge in [-0.15, -0.1) is 0 Å². The average molecular weight is 322 g/mol. The van der Waals surface area contributed by atoms with E-state index >= 15 is 0 Å². The van der Waals surface area contributed by atoms with Crippen molar-refractivity contribution >= 4 is 21.6 Å². The van der Waals surface area contributed by atoms with Crippen molar-refractivity contribution in [3.8, 4) is 6.07 Å². The minimum atomic E-state index is 0.680. The first-order chi connectivity index (χ1) is 9.20. The highest BCUT2D eigenvalue weighted by atomic mass is 79.9. The lowest BCUT2D eigenvalue weighted by atomic mass is 10.00. The molecule has 1 aliphatic rings. The zero-order chi connectivity index (χ0) is 13.7. The van der Waals surface area contributed by atoms with Gasteiger partial charge in [0, 0.05) is 17.1 Å². The minimum Gasteiger partial charge on any atom is -0.384 e. The second-order valence-electron chi connectivity index (χ2n) is 5.15. The van der Waals surface area contributed by atoms with E-state index in [9.17, 15) is 0 Å². The van der Waals surface area contributed by atoms with Crippen LogP contribution in [0.25, 0.3) is 0 Å². The zero-order valence-corrected chi connectivity index (χ0v) is 12.9. The molecule has 1 aromatic rings. The SMILES string of the molecule is CN1CCCCC1CCNc1cc(Br)ccc1C#N. The van der Waals surface area contributed by atoms with Crippen LogP contribution < -0.4 is 5.32 Å². The van der Waals surface area contributed by atoms with Crippen LogP contribution in [0.2, 0.25) is 0 Å². The molecule has 1 N–H and O–H groups in total. The number of halogens is 1. The number of piperidine rings is 1. The van der Waals surface area contributed by atoms with Crippen LogP contribution in [0.5, 0.6) is 0 Å². The summed E-state index contributed by atoms with van der Waals surface area (Å²) < 4.78 is 1.00. The minimum absolute atomic E-state index is 0.680. The van der Waals surface area contributed by atoms with E-state index in [0.29, 0.717) is 11.6 Å². The third kappa shape index (κ3) is 3.95. The summed E-state index contributed by atoms with van der Waals surface area (Å²) in [6.45, 7) is 2.13. The Hall–Kier alpha value is -1.05. The van der Waals surface area contributed by atoms with Crippen molar-refractivity contribution < 1.29 is 0 Å². The van der Waals surface area contributed by atoms with Gasteiger partial charge < -0.3 is 10.2 Å². The van der Waals surface area contributed by atoms with Gasteiger partial charge in [-0.05, 0) is 51.1 Å². The number of hydrogen-bond acceptors (Lipinski definition) is 3. The number of likely N-dealkylation sites (tertiary alicyclic amines) is 1. The molecule has 0 bridgehead atoms. The maximum atomic E-state index is 9.09. The molecule has 4 heteroatoms. The van der Waals surface area contributed by atoms with Gasteiger partial charge in [0.15, 0.2) is 0 Å². The summed E-state index contributed by atoms with van der Waals surface area (Å²) in [4.78, 5) is 2.46. The number of anilines is 1. The van der Waals surface area contributed by atoms with Crippen molar-refractivity contribution in [3.05, 3.63) is 28.2 Å². The predicted octanol–water partition coefficient (Wildman–Crippen LogP) is 3.61. The average Bonchev–Trinajstić information content (AvgIpc) is 2.41. The Morgan fingerprint density at radius 2 is 2.32 bits per heavy atom. The quantitative estimate of drug-likeness (QED) is 0.920. The van der Waals surface area contributed by atoms with E-state index in [1.165, 1.54) is 25.8 Å². The van der Waals surface area contributed by atoms with Crippen LogP contribution in [0.4, 0.5) is 5.69 Å². The van der Waals surface area contributed by atoms with Gasteiger partial charge in [-0.1, -0.05) is 22.4 Å². The van der Waals surface area contributed by atoms with Crippen LogP contribution in [0.1, 0.15) is 31.2 Å². The number of nitriles is 1. The molecule has 102 valence electrons. The van der Waals surface area contributed by atoms with Crippen molar-refractivity contribution in [2.45, 2.75) is 31.7 Å². The summed E-state index contributed by atoms with van der Waals surface area (Å²) in [5, 5.41) is 12.5. The van der Waals surface area contributed by atoms with Crippen molar-refractivity contribution in [1.82, 2.24) is 4.90 Å². The molecule has 0 spiro atoms. The molecule has 0 amide bonds. The number of nitrogens with one attached hydrogen (secondary N) is 1. The maximum Gasteiger partial charge on any atom is 0.101 e. The smallest absolute Gasteiger partial charge is 0.101 e. The normalized spacial score (nSPS) is 19.9. The molecule has 0 saturated carbocycles. The van der Waals surface area contributed by atoms with Crippen molar-refractivity contribution in [3.63, 3.8) is 0 Å². The standard InChI is InChI=1S/C15H20BrN3/c1-19-9-3-2-4-14(19)7-8-18-15-10-13(16)6-5-12(15)11-17/h5-6,10,14,18H,2-4,7-9H2,1H3.